The molecule has 0 heterocycles. The van der Waals surface area contributed by atoms with E-state index in [1.54, 1.807) is 13.2 Å². The number of rotatable bonds is 2. The van der Waals surface area contributed by atoms with Gasteiger partial charge in [0.15, 0.2) is 0 Å². The quantitative estimate of drug-likeness (QED) is 0.787. The van der Waals surface area contributed by atoms with Crippen LogP contribution in [0, 0.1) is 14.9 Å². The summed E-state index contributed by atoms with van der Waals surface area (Å²) in [5, 5.41) is 9.21. The normalized spacial score (nSPS) is 9.38. The van der Waals surface area contributed by atoms with E-state index in [-0.39, 0.29) is 0 Å². The highest BCUT2D eigenvalue weighted by Gasteiger charge is 2.06. The summed E-state index contributed by atoms with van der Waals surface area (Å²) in [4.78, 5) is 0. The fraction of sp³-hybridized carbons (Fsp3) is 0.222. The maximum absolute atomic E-state index is 8.55. The molecule has 0 fully saturated rings. The van der Waals surface area contributed by atoms with Gasteiger partial charge in [-0.3, -0.25) is 0 Å². The molecule has 1 rings (SSSR count). The number of hydrogen-bond donors (Lipinski definition) is 0. The first-order valence-corrected chi connectivity index (χ1v) is 5.03. The van der Waals surface area contributed by atoms with E-state index >= 15 is 0 Å². The maximum Gasteiger partial charge on any atom is 0.124 e. The minimum atomic E-state index is 0.319. The van der Waals surface area contributed by atoms with Crippen molar-refractivity contribution in [3.05, 3.63) is 26.3 Å². The lowest BCUT2D eigenvalue weighted by Crippen LogP contribution is -1.92. The van der Waals surface area contributed by atoms with E-state index in [0.717, 1.165) is 14.9 Å². The summed E-state index contributed by atoms with van der Waals surface area (Å²) < 4.78 is 6.05. The highest BCUT2D eigenvalue weighted by Crippen LogP contribution is 2.28. The Hall–Kier alpha value is -0.470. The third kappa shape index (κ3) is 2.48. The summed E-state index contributed by atoms with van der Waals surface area (Å²) in [6.45, 7) is 0. The Labute approximate surface area is 95.6 Å². The molecule has 0 amide bonds. The van der Waals surface area contributed by atoms with Crippen molar-refractivity contribution in [2.24, 2.45) is 0 Å². The van der Waals surface area contributed by atoms with Crippen molar-refractivity contribution < 1.29 is 4.74 Å². The van der Waals surface area contributed by atoms with Gasteiger partial charge in [0.2, 0.25) is 0 Å². The smallest absolute Gasteiger partial charge is 0.124 e. The van der Waals surface area contributed by atoms with E-state index < -0.39 is 0 Å². The lowest BCUT2D eigenvalue weighted by atomic mass is 10.1. The minimum Gasteiger partial charge on any atom is -0.496 e. The van der Waals surface area contributed by atoms with Crippen LogP contribution in [0.1, 0.15) is 5.56 Å². The third-order valence-corrected chi connectivity index (χ3v) is 3.12. The van der Waals surface area contributed by atoms with E-state index in [2.05, 4.69) is 28.7 Å². The Morgan fingerprint density at radius 3 is 2.85 bits per heavy atom. The maximum atomic E-state index is 8.55. The molecule has 0 radical (unpaired) electrons. The summed E-state index contributed by atoms with van der Waals surface area (Å²) in [5.74, 6) is 0.718. The molecule has 1 aromatic rings. The molecule has 0 saturated carbocycles. The van der Waals surface area contributed by atoms with Crippen molar-refractivity contribution in [2.45, 2.75) is 6.42 Å². The molecule has 4 heteroatoms. The predicted octanol–water partition coefficient (Wildman–Crippen LogP) is 3.02. The average molecular weight is 308 g/mol. The monoisotopic (exact) mass is 307 g/mol. The highest BCUT2D eigenvalue weighted by atomic mass is 127. The molecule has 0 unspecified atom stereocenters. The van der Waals surface area contributed by atoms with Gasteiger partial charge in [0.25, 0.3) is 0 Å². The van der Waals surface area contributed by atoms with E-state index in [9.17, 15) is 0 Å². The van der Waals surface area contributed by atoms with Gasteiger partial charge < -0.3 is 4.74 Å². The number of halogens is 2. The first kappa shape index (κ1) is 10.6. The van der Waals surface area contributed by atoms with Gasteiger partial charge in [0.05, 0.1) is 24.6 Å². The van der Waals surface area contributed by atoms with Crippen LogP contribution in [-0.4, -0.2) is 7.11 Å². The second-order valence-electron chi connectivity index (χ2n) is 2.41. The fourth-order valence-corrected chi connectivity index (χ4v) is 1.61. The van der Waals surface area contributed by atoms with E-state index in [4.69, 9.17) is 21.6 Å². The van der Waals surface area contributed by atoms with Gasteiger partial charge in [0, 0.05) is 9.13 Å². The number of benzene rings is 1. The number of nitriles is 1. The Balaban J connectivity index is 3.18. The molecule has 0 bridgehead atoms. The van der Waals surface area contributed by atoms with Crippen molar-refractivity contribution >= 4 is 34.2 Å². The summed E-state index contributed by atoms with van der Waals surface area (Å²) in [7, 11) is 1.58. The van der Waals surface area contributed by atoms with Crippen LogP contribution >= 0.6 is 34.2 Å². The lowest BCUT2D eigenvalue weighted by molar-refractivity contribution is 0.410. The predicted molar refractivity (Wildman–Crippen MR) is 60.0 cm³/mol. The highest BCUT2D eigenvalue weighted by molar-refractivity contribution is 14.1. The second-order valence-corrected chi connectivity index (χ2v) is 3.98. The zero-order valence-electron chi connectivity index (χ0n) is 6.97. The van der Waals surface area contributed by atoms with Crippen molar-refractivity contribution in [3.63, 3.8) is 0 Å². The molecule has 0 aromatic heterocycles. The van der Waals surface area contributed by atoms with Crippen LogP contribution in [0.3, 0.4) is 0 Å². The molecular weight excluding hydrogens is 300 g/mol. The Morgan fingerprint density at radius 2 is 2.31 bits per heavy atom. The van der Waals surface area contributed by atoms with Gasteiger partial charge in [-0.05, 0) is 34.7 Å². The summed E-state index contributed by atoms with van der Waals surface area (Å²) in [6, 6.07) is 5.66. The molecule has 0 saturated heterocycles. The Kier molecular flexibility index (Phi) is 3.82. The largest absolute Gasteiger partial charge is 0.496 e. The molecule has 2 nitrogen and oxygen atoms in total. The van der Waals surface area contributed by atoms with Crippen LogP contribution in [0.25, 0.3) is 0 Å². The average Bonchev–Trinajstić information content (AvgIpc) is 2.11. The molecule has 13 heavy (non-hydrogen) atoms. The first-order chi connectivity index (χ1) is 6.19. The van der Waals surface area contributed by atoms with Gasteiger partial charge in [0.1, 0.15) is 5.75 Å². The van der Waals surface area contributed by atoms with E-state index in [1.807, 2.05) is 6.07 Å². The van der Waals surface area contributed by atoms with Gasteiger partial charge in [-0.1, -0.05) is 11.6 Å². The van der Waals surface area contributed by atoms with Crippen LogP contribution in [0.15, 0.2) is 12.1 Å². The number of hydrogen-bond acceptors (Lipinski definition) is 2. The zero-order valence-corrected chi connectivity index (χ0v) is 9.89. The van der Waals surface area contributed by atoms with Gasteiger partial charge in [-0.25, -0.2) is 0 Å². The number of nitrogens with zero attached hydrogens (tertiary/aromatic N) is 1. The van der Waals surface area contributed by atoms with Crippen LogP contribution in [0.2, 0.25) is 5.02 Å². The standard InChI is InChI=1S/C9H7ClINO/c1-13-9-5-8(11)7(10)4-6(9)2-3-12/h4-5H,2H2,1H3. The number of methoxy groups -OCH3 is 1. The lowest BCUT2D eigenvalue weighted by Gasteiger charge is -2.07. The van der Waals surface area contributed by atoms with Gasteiger partial charge in [-0.2, -0.15) is 5.26 Å². The van der Waals surface area contributed by atoms with E-state index in [1.165, 1.54) is 0 Å². The summed E-state index contributed by atoms with van der Waals surface area (Å²) in [5.41, 5.74) is 0.829. The summed E-state index contributed by atoms with van der Waals surface area (Å²) >= 11 is 8.03. The third-order valence-electron chi connectivity index (χ3n) is 1.59. The topological polar surface area (TPSA) is 33.0 Å². The van der Waals surface area contributed by atoms with Crippen LogP contribution in [0.5, 0.6) is 5.75 Å². The van der Waals surface area contributed by atoms with Crippen molar-refractivity contribution in [1.29, 1.82) is 5.26 Å². The number of ether oxygens (including phenoxy) is 1. The minimum absolute atomic E-state index is 0.319. The second kappa shape index (κ2) is 4.68. The zero-order chi connectivity index (χ0) is 9.84. The molecule has 0 aliphatic carbocycles. The molecule has 0 atom stereocenters. The SMILES string of the molecule is COc1cc(I)c(Cl)cc1CC#N. The van der Waals surface area contributed by atoms with Gasteiger partial charge in [-0.15, -0.1) is 0 Å². The Morgan fingerprint density at radius 1 is 1.62 bits per heavy atom. The van der Waals surface area contributed by atoms with E-state index in [0.29, 0.717) is 11.4 Å². The molecule has 0 spiro atoms. The van der Waals surface area contributed by atoms with Crippen LogP contribution in [0.4, 0.5) is 0 Å². The molecule has 0 aliphatic rings. The van der Waals surface area contributed by atoms with Crippen LogP contribution < -0.4 is 4.74 Å². The molecule has 0 N–H and O–H groups in total. The molecule has 0 aliphatic heterocycles. The summed E-state index contributed by atoms with van der Waals surface area (Å²) in [6.07, 6.45) is 0.319. The molecular formula is C9H7ClINO. The first-order valence-electron chi connectivity index (χ1n) is 3.58. The molecule has 68 valence electrons. The van der Waals surface area contributed by atoms with Crippen molar-refractivity contribution in [2.75, 3.05) is 7.11 Å². The fourth-order valence-electron chi connectivity index (χ4n) is 0.983. The van der Waals surface area contributed by atoms with Crippen LogP contribution in [-0.2, 0) is 6.42 Å². The van der Waals surface area contributed by atoms with Crippen molar-refractivity contribution in [3.8, 4) is 11.8 Å². The van der Waals surface area contributed by atoms with Gasteiger partial charge >= 0.3 is 0 Å². The molecule has 1 aromatic carbocycles. The van der Waals surface area contributed by atoms with Crippen molar-refractivity contribution in [1.82, 2.24) is 0 Å². The Bertz CT molecular complexity index is 359.